The third-order valence-electron chi connectivity index (χ3n) is 2.48. The Morgan fingerprint density at radius 2 is 1.10 bits per heavy atom. The van der Waals surface area contributed by atoms with Crippen LogP contribution in [0.25, 0.3) is 0 Å². The van der Waals surface area contributed by atoms with Crippen LogP contribution in [0.2, 0.25) is 0 Å². The molecule has 0 rings (SSSR count). The molecule has 0 radical (unpaired) electrons. The van der Waals surface area contributed by atoms with Crippen LogP contribution < -0.4 is 0 Å². The first-order valence-electron chi connectivity index (χ1n) is 7.22. The van der Waals surface area contributed by atoms with Gasteiger partial charge in [-0.05, 0) is 37.7 Å². The van der Waals surface area contributed by atoms with Crippen LogP contribution in [0.4, 0.5) is 0 Å². The highest BCUT2D eigenvalue weighted by molar-refractivity contribution is 7.57. The van der Waals surface area contributed by atoms with E-state index in [0.29, 0.717) is 7.92 Å². The number of carboxylic acid groups (broad SMARTS) is 1. The van der Waals surface area contributed by atoms with E-state index in [4.69, 9.17) is 24.3 Å². The van der Waals surface area contributed by atoms with Gasteiger partial charge < -0.3 is 14.9 Å². The third kappa shape index (κ3) is 36.1. The second kappa shape index (κ2) is 24.1. The van der Waals surface area contributed by atoms with Gasteiger partial charge in [0.1, 0.15) is 0 Å². The van der Waals surface area contributed by atoms with Crippen LogP contribution in [0, 0.1) is 0 Å². The molecular formula is C13H32O5P2. The Morgan fingerprint density at radius 1 is 0.900 bits per heavy atom. The van der Waals surface area contributed by atoms with Crippen LogP contribution in [0.3, 0.4) is 0 Å². The zero-order valence-corrected chi connectivity index (χ0v) is 14.9. The molecule has 0 saturated heterocycles. The molecule has 0 spiro atoms. The van der Waals surface area contributed by atoms with E-state index >= 15 is 0 Å². The summed E-state index contributed by atoms with van der Waals surface area (Å²) >= 11 is 0. The second-order valence-electron chi connectivity index (χ2n) is 4.29. The van der Waals surface area contributed by atoms with Crippen LogP contribution >= 0.6 is 16.2 Å². The van der Waals surface area contributed by atoms with E-state index in [0.717, 1.165) is 0 Å². The highest BCUT2D eigenvalue weighted by atomic mass is 31.1. The van der Waals surface area contributed by atoms with E-state index in [2.05, 4.69) is 20.8 Å². The highest BCUT2D eigenvalue weighted by Crippen LogP contribution is 2.38. The molecule has 0 amide bonds. The average Bonchev–Trinajstić information content (AvgIpc) is 2.38. The predicted octanol–water partition coefficient (Wildman–Crippen LogP) is 3.93. The molecule has 5 nitrogen and oxygen atoms in total. The van der Waals surface area contributed by atoms with Crippen LogP contribution in [0.1, 0.15) is 59.3 Å². The van der Waals surface area contributed by atoms with E-state index in [1.807, 2.05) is 0 Å². The van der Waals surface area contributed by atoms with Crippen molar-refractivity contribution in [1.82, 2.24) is 0 Å². The maximum atomic E-state index is 8.74. The maximum absolute atomic E-state index is 8.74. The molecule has 0 unspecified atom stereocenters. The fourth-order valence-electron chi connectivity index (χ4n) is 1.48. The van der Waals surface area contributed by atoms with Gasteiger partial charge in [-0.2, -0.15) is 0 Å². The van der Waals surface area contributed by atoms with Gasteiger partial charge in [0.05, 0.1) is 0 Å². The molecular weight excluding hydrogens is 298 g/mol. The van der Waals surface area contributed by atoms with Gasteiger partial charge in [0.15, 0.2) is 0 Å². The number of hydrogen-bond acceptors (Lipinski definition) is 2. The van der Waals surface area contributed by atoms with E-state index in [1.165, 1.54) is 38.5 Å². The Kier molecular flexibility index (Phi) is 30.2. The Hall–Kier alpha value is 0.0500. The number of hydrogen-bond donors (Lipinski definition) is 3. The Balaban J connectivity index is -0.000000343. The molecule has 0 heterocycles. The molecule has 0 aromatic rings. The minimum absolute atomic E-state index is 0.250. The molecule has 0 atom stereocenters. The van der Waals surface area contributed by atoms with Crippen molar-refractivity contribution in [1.29, 1.82) is 0 Å². The normalized spacial score (nSPS) is 9.55. The molecule has 0 bridgehead atoms. The highest BCUT2D eigenvalue weighted by Gasteiger charge is 2.05. The van der Waals surface area contributed by atoms with Crippen molar-refractivity contribution in [2.24, 2.45) is 0 Å². The SMILES string of the molecule is CCCCP(CCCC)CCCC.O=CO.O=[PH](O)O. The lowest BCUT2D eigenvalue weighted by Gasteiger charge is -2.16. The summed E-state index contributed by atoms with van der Waals surface area (Å²) in [6.45, 7) is 6.69. The zero-order chi connectivity index (χ0) is 16.2. The third-order valence-corrected chi connectivity index (χ3v) is 5.33. The fraction of sp³-hybridized carbons (Fsp3) is 0.923. The summed E-state index contributed by atoms with van der Waals surface area (Å²) < 4.78 is 8.74. The molecule has 0 aliphatic heterocycles. The summed E-state index contributed by atoms with van der Waals surface area (Å²) in [7, 11) is -2.71. The molecule has 7 heteroatoms. The summed E-state index contributed by atoms with van der Waals surface area (Å²) in [5.41, 5.74) is 0. The summed E-state index contributed by atoms with van der Waals surface area (Å²) in [5, 5.41) is 6.89. The van der Waals surface area contributed by atoms with E-state index in [9.17, 15) is 0 Å². The van der Waals surface area contributed by atoms with E-state index in [-0.39, 0.29) is 6.47 Å². The van der Waals surface area contributed by atoms with Crippen LogP contribution in [-0.4, -0.2) is 39.9 Å². The molecule has 0 aromatic heterocycles. The number of carbonyl (C=O) groups is 1. The van der Waals surface area contributed by atoms with E-state index in [1.54, 1.807) is 18.5 Å². The molecule has 0 aliphatic rings. The Bertz CT molecular complexity index is 180. The molecule has 0 aromatic carbocycles. The van der Waals surface area contributed by atoms with Gasteiger partial charge >= 0.3 is 8.25 Å². The van der Waals surface area contributed by atoms with Gasteiger partial charge in [-0.15, -0.1) is 7.92 Å². The summed E-state index contributed by atoms with van der Waals surface area (Å²) in [6, 6.07) is 0. The van der Waals surface area contributed by atoms with Gasteiger partial charge in [0.2, 0.25) is 0 Å². The van der Waals surface area contributed by atoms with Gasteiger partial charge in [-0.25, -0.2) is 0 Å². The lowest BCUT2D eigenvalue weighted by atomic mass is 10.4. The molecule has 0 fully saturated rings. The average molecular weight is 330 g/mol. The van der Waals surface area contributed by atoms with E-state index < -0.39 is 8.25 Å². The molecule has 20 heavy (non-hydrogen) atoms. The first kappa shape index (κ1) is 25.0. The predicted molar refractivity (Wildman–Crippen MR) is 88.4 cm³/mol. The van der Waals surface area contributed by atoms with Crippen LogP contribution in [0.5, 0.6) is 0 Å². The summed E-state index contributed by atoms with van der Waals surface area (Å²) in [4.78, 5) is 22.7. The smallest absolute Gasteiger partial charge is 0.314 e. The van der Waals surface area contributed by atoms with Crippen molar-refractivity contribution >= 4 is 22.6 Å². The quantitative estimate of drug-likeness (QED) is 0.440. The Morgan fingerprint density at radius 3 is 1.25 bits per heavy atom. The Labute approximate surface area is 125 Å². The van der Waals surface area contributed by atoms with Gasteiger partial charge in [-0.3, -0.25) is 9.36 Å². The lowest BCUT2D eigenvalue weighted by Crippen LogP contribution is -1.95. The molecule has 0 saturated carbocycles. The van der Waals surface area contributed by atoms with Crippen molar-refractivity contribution in [2.75, 3.05) is 18.5 Å². The topological polar surface area (TPSA) is 94.8 Å². The molecule has 0 aliphatic carbocycles. The monoisotopic (exact) mass is 330 g/mol. The van der Waals surface area contributed by atoms with Crippen molar-refractivity contribution in [2.45, 2.75) is 59.3 Å². The van der Waals surface area contributed by atoms with Crippen LogP contribution in [0.15, 0.2) is 0 Å². The number of rotatable bonds is 9. The van der Waals surface area contributed by atoms with Crippen molar-refractivity contribution in [3.63, 3.8) is 0 Å². The first-order chi connectivity index (χ1) is 9.49. The fourth-order valence-corrected chi connectivity index (χ4v) is 4.44. The van der Waals surface area contributed by atoms with Gasteiger partial charge in [-0.1, -0.05) is 40.0 Å². The minimum atomic E-state index is -3.13. The lowest BCUT2D eigenvalue weighted by molar-refractivity contribution is -0.122. The summed E-state index contributed by atoms with van der Waals surface area (Å²) in [6.07, 6.45) is 13.2. The maximum Gasteiger partial charge on any atom is 0.314 e. The zero-order valence-electron chi connectivity index (χ0n) is 13.0. The molecule has 3 N–H and O–H groups in total. The standard InChI is InChI=1S/C12H27P.CH2O2.H3O3P/c1-4-7-10-13(11-8-5-2)12-9-6-3;2-1-3;1-4(2)3/h4-12H2,1-3H3;1H,(H,2,3);4H,(H2,1,2,3). The first-order valence-corrected chi connectivity index (χ1v) is 10.4. The van der Waals surface area contributed by atoms with Gasteiger partial charge in [0.25, 0.3) is 6.47 Å². The van der Waals surface area contributed by atoms with Crippen molar-refractivity contribution < 1.29 is 24.3 Å². The number of unbranched alkanes of at least 4 members (excludes halogenated alkanes) is 3. The minimum Gasteiger partial charge on any atom is -0.483 e. The summed E-state index contributed by atoms with van der Waals surface area (Å²) in [5.74, 6) is 0. The van der Waals surface area contributed by atoms with Crippen molar-refractivity contribution in [3.05, 3.63) is 0 Å². The van der Waals surface area contributed by atoms with Crippen LogP contribution in [-0.2, 0) is 9.36 Å². The molecule has 124 valence electrons. The second-order valence-corrected chi connectivity index (χ2v) is 7.54. The largest absolute Gasteiger partial charge is 0.483 e. The van der Waals surface area contributed by atoms with Gasteiger partial charge in [0, 0.05) is 0 Å². The van der Waals surface area contributed by atoms with Crippen molar-refractivity contribution in [3.8, 4) is 0 Å².